The van der Waals surface area contributed by atoms with Crippen molar-refractivity contribution in [3.63, 3.8) is 0 Å². The van der Waals surface area contributed by atoms with E-state index in [0.717, 1.165) is 49.1 Å². The number of amides is 1. The van der Waals surface area contributed by atoms with Crippen LogP contribution in [0.2, 0.25) is 0 Å². The number of hydrogen-bond donors (Lipinski definition) is 0. The number of fused-ring (bicyclic) bond motifs is 1. The molecule has 0 radical (unpaired) electrons. The largest absolute Gasteiger partial charge is 0.302 e. The van der Waals surface area contributed by atoms with E-state index in [-0.39, 0.29) is 23.2 Å². The molecule has 1 saturated heterocycles. The minimum Gasteiger partial charge on any atom is -0.302 e. The second-order valence-corrected chi connectivity index (χ2v) is 12.3. The number of sulfonamides is 1. The van der Waals surface area contributed by atoms with Crippen molar-refractivity contribution in [2.24, 2.45) is 0 Å². The van der Waals surface area contributed by atoms with Crippen LogP contribution in [0.5, 0.6) is 0 Å². The molecule has 7 nitrogen and oxygen atoms in total. The van der Waals surface area contributed by atoms with Gasteiger partial charge in [-0.1, -0.05) is 31.6 Å². The molecule has 37 heavy (non-hydrogen) atoms. The Balaban J connectivity index is 0.00000380. The van der Waals surface area contributed by atoms with Crippen LogP contribution in [0.4, 0.5) is 5.13 Å². The summed E-state index contributed by atoms with van der Waals surface area (Å²) in [7, 11) is -3.54. The minimum atomic E-state index is -3.54. The Labute approximate surface area is 230 Å². The summed E-state index contributed by atoms with van der Waals surface area (Å²) in [6, 6.07) is 10.6. The Hall–Kier alpha value is -2.04. The molecular weight excluding hydrogens is 528 g/mol. The summed E-state index contributed by atoms with van der Waals surface area (Å²) in [4.78, 5) is 22.8. The number of carbonyl (C=O) groups is 1. The predicted molar refractivity (Wildman–Crippen MR) is 155 cm³/mol. The van der Waals surface area contributed by atoms with Gasteiger partial charge in [0.2, 0.25) is 10.0 Å². The molecule has 0 unspecified atom stereocenters. The summed E-state index contributed by atoms with van der Waals surface area (Å²) >= 11 is 1.52. The highest BCUT2D eigenvalue weighted by molar-refractivity contribution is 7.89. The summed E-state index contributed by atoms with van der Waals surface area (Å²) in [5.41, 5.74) is 3.72. The third kappa shape index (κ3) is 6.52. The first-order chi connectivity index (χ1) is 17.2. The molecule has 202 valence electrons. The molecule has 1 aliphatic heterocycles. The fourth-order valence-electron chi connectivity index (χ4n) is 4.53. The summed E-state index contributed by atoms with van der Waals surface area (Å²) < 4.78 is 28.7. The molecule has 0 bridgehead atoms. The van der Waals surface area contributed by atoms with Gasteiger partial charge in [-0.3, -0.25) is 9.69 Å². The molecule has 1 aromatic heterocycles. The Morgan fingerprint density at radius 2 is 1.59 bits per heavy atom. The number of carbonyl (C=O) groups excluding carboxylic acids is 1. The first-order valence-corrected chi connectivity index (χ1v) is 15.0. The van der Waals surface area contributed by atoms with Crippen molar-refractivity contribution < 1.29 is 13.2 Å². The van der Waals surface area contributed by atoms with E-state index in [1.54, 1.807) is 33.5 Å². The second kappa shape index (κ2) is 12.7. The van der Waals surface area contributed by atoms with E-state index in [2.05, 4.69) is 44.7 Å². The highest BCUT2D eigenvalue weighted by Gasteiger charge is 2.27. The molecule has 0 saturated carbocycles. The normalized spacial score (nSPS) is 14.6. The van der Waals surface area contributed by atoms with E-state index in [4.69, 9.17) is 4.98 Å². The highest BCUT2D eigenvalue weighted by atomic mass is 35.5. The molecule has 0 spiro atoms. The molecular formula is C27H37ClN4O3S2. The summed E-state index contributed by atoms with van der Waals surface area (Å²) in [5.74, 6) is -0.170. The third-order valence-electron chi connectivity index (χ3n) is 7.06. The fourth-order valence-corrected chi connectivity index (χ4v) is 7.12. The van der Waals surface area contributed by atoms with Crippen LogP contribution in [0.1, 0.15) is 54.6 Å². The van der Waals surface area contributed by atoms with Crippen molar-refractivity contribution >= 4 is 55.0 Å². The van der Waals surface area contributed by atoms with Crippen LogP contribution in [0.3, 0.4) is 0 Å². The van der Waals surface area contributed by atoms with Crippen LogP contribution in [0.25, 0.3) is 10.2 Å². The lowest BCUT2D eigenvalue weighted by Gasteiger charge is -2.26. The summed E-state index contributed by atoms with van der Waals surface area (Å²) in [6.07, 6.45) is 2.84. The van der Waals surface area contributed by atoms with Gasteiger partial charge in [-0.15, -0.1) is 12.4 Å². The summed E-state index contributed by atoms with van der Waals surface area (Å²) in [6.45, 7) is 12.5. The molecule has 10 heteroatoms. The Kier molecular flexibility index (Phi) is 10.1. The van der Waals surface area contributed by atoms with Crippen molar-refractivity contribution in [1.29, 1.82) is 0 Å². The number of hydrogen-bond acceptors (Lipinski definition) is 6. The van der Waals surface area contributed by atoms with Gasteiger partial charge in [0.15, 0.2) is 5.13 Å². The zero-order valence-electron chi connectivity index (χ0n) is 22.1. The van der Waals surface area contributed by atoms with Gasteiger partial charge in [-0.05, 0) is 87.3 Å². The van der Waals surface area contributed by atoms with Crippen LogP contribution >= 0.6 is 23.7 Å². The number of rotatable bonds is 9. The number of nitrogens with zero attached hydrogens (tertiary/aromatic N) is 4. The lowest BCUT2D eigenvalue weighted by molar-refractivity contribution is 0.0983. The van der Waals surface area contributed by atoms with Crippen LogP contribution < -0.4 is 4.90 Å². The zero-order chi connectivity index (χ0) is 25.9. The molecule has 1 amide bonds. The monoisotopic (exact) mass is 564 g/mol. The standard InChI is InChI=1S/C27H36N4O3S2.ClH/c1-5-29(6-2)16-17-31(27-28-24-18-20(3)21(4)19-25(24)35-27)26(32)22-10-12-23(13-11-22)36(33,34)30-14-8-7-9-15-30;/h10-13,18-19H,5-9,14-17H2,1-4H3;1H. The molecule has 0 aliphatic carbocycles. The lowest BCUT2D eigenvalue weighted by Crippen LogP contribution is -2.39. The van der Waals surface area contributed by atoms with Gasteiger partial charge in [0, 0.05) is 31.7 Å². The third-order valence-corrected chi connectivity index (χ3v) is 10.0. The maximum absolute atomic E-state index is 13.7. The fraction of sp³-hybridized carbons (Fsp3) is 0.481. The van der Waals surface area contributed by atoms with Gasteiger partial charge < -0.3 is 4.90 Å². The van der Waals surface area contributed by atoms with Gasteiger partial charge >= 0.3 is 0 Å². The van der Waals surface area contributed by atoms with E-state index in [1.807, 2.05) is 0 Å². The second-order valence-electron chi connectivity index (χ2n) is 9.37. The molecule has 0 N–H and O–H groups in total. The van der Waals surface area contributed by atoms with Gasteiger partial charge in [0.1, 0.15) is 0 Å². The first kappa shape index (κ1) is 29.5. The number of aromatic nitrogens is 1. The maximum atomic E-state index is 13.7. The van der Waals surface area contributed by atoms with E-state index in [0.29, 0.717) is 30.3 Å². The van der Waals surface area contributed by atoms with Crippen molar-refractivity contribution in [3.8, 4) is 0 Å². The van der Waals surface area contributed by atoms with E-state index in [9.17, 15) is 13.2 Å². The van der Waals surface area contributed by atoms with Crippen LogP contribution in [0, 0.1) is 13.8 Å². The van der Waals surface area contributed by atoms with Crippen LogP contribution in [0.15, 0.2) is 41.3 Å². The van der Waals surface area contributed by atoms with Gasteiger partial charge in [0.25, 0.3) is 5.91 Å². The number of halogens is 1. The molecule has 1 aliphatic rings. The van der Waals surface area contributed by atoms with Crippen molar-refractivity contribution in [3.05, 3.63) is 53.1 Å². The van der Waals surface area contributed by atoms with Gasteiger partial charge in [-0.25, -0.2) is 13.4 Å². The number of benzene rings is 2. The quantitative estimate of drug-likeness (QED) is 0.343. The minimum absolute atomic E-state index is 0. The van der Waals surface area contributed by atoms with E-state index in [1.165, 1.54) is 22.5 Å². The highest BCUT2D eigenvalue weighted by Crippen LogP contribution is 2.32. The zero-order valence-corrected chi connectivity index (χ0v) is 24.5. The lowest BCUT2D eigenvalue weighted by atomic mass is 10.1. The van der Waals surface area contributed by atoms with Crippen molar-refractivity contribution in [2.45, 2.75) is 51.9 Å². The average Bonchev–Trinajstić information content (AvgIpc) is 3.29. The molecule has 0 atom stereocenters. The molecule has 1 fully saturated rings. The molecule has 3 aromatic rings. The Morgan fingerprint density at radius 1 is 0.973 bits per heavy atom. The summed E-state index contributed by atoms with van der Waals surface area (Å²) in [5, 5.41) is 0.664. The molecule has 4 rings (SSSR count). The van der Waals surface area contributed by atoms with Crippen molar-refractivity contribution in [1.82, 2.24) is 14.2 Å². The van der Waals surface area contributed by atoms with Crippen LogP contribution in [-0.2, 0) is 10.0 Å². The molecule has 2 aromatic carbocycles. The predicted octanol–water partition coefficient (Wildman–Crippen LogP) is 5.50. The number of aryl methyl sites for hydroxylation is 2. The number of likely N-dealkylation sites (N-methyl/N-ethyl adjacent to an activating group) is 1. The van der Waals surface area contributed by atoms with E-state index >= 15 is 0 Å². The van der Waals surface area contributed by atoms with Gasteiger partial charge in [-0.2, -0.15) is 4.31 Å². The average molecular weight is 565 g/mol. The smallest absolute Gasteiger partial charge is 0.260 e. The maximum Gasteiger partial charge on any atom is 0.260 e. The Morgan fingerprint density at radius 3 is 2.22 bits per heavy atom. The topological polar surface area (TPSA) is 73.8 Å². The number of anilines is 1. The van der Waals surface area contributed by atoms with Gasteiger partial charge in [0.05, 0.1) is 15.1 Å². The SMILES string of the molecule is CCN(CC)CCN(C(=O)c1ccc(S(=O)(=O)N2CCCCC2)cc1)c1nc2cc(C)c(C)cc2s1.Cl. The van der Waals surface area contributed by atoms with E-state index < -0.39 is 10.0 Å². The first-order valence-electron chi connectivity index (χ1n) is 12.8. The number of thiazole rings is 1. The molecule has 2 heterocycles. The number of piperidine rings is 1. The van der Waals surface area contributed by atoms with Crippen molar-refractivity contribution in [2.75, 3.05) is 44.2 Å². The Bertz CT molecular complexity index is 1280. The van der Waals surface area contributed by atoms with Crippen LogP contribution in [-0.4, -0.2) is 67.8 Å².